The predicted molar refractivity (Wildman–Crippen MR) is 90.7 cm³/mol. The first-order chi connectivity index (χ1) is 9.60. The van der Waals surface area contributed by atoms with Gasteiger partial charge in [-0.2, -0.15) is 0 Å². The molecule has 20 heavy (non-hydrogen) atoms. The van der Waals surface area contributed by atoms with Crippen LogP contribution in [0.4, 0.5) is 0 Å². The van der Waals surface area contributed by atoms with E-state index in [0.29, 0.717) is 6.04 Å². The van der Waals surface area contributed by atoms with E-state index in [1.165, 1.54) is 55.2 Å². The van der Waals surface area contributed by atoms with Crippen LogP contribution in [0.5, 0.6) is 0 Å². The number of hydrogen-bond acceptors (Lipinski definition) is 1. The maximum Gasteiger partial charge on any atom is 0.0438 e. The first kappa shape index (κ1) is 17.5. The molecule has 1 atom stereocenters. The molecule has 1 unspecified atom stereocenters. The minimum Gasteiger partial charge on any atom is -0.310 e. The molecule has 0 aliphatic carbocycles. The first-order valence-corrected chi connectivity index (χ1v) is 8.48. The Kier molecular flexibility index (Phi) is 8.25. The zero-order valence-corrected chi connectivity index (χ0v) is 14.3. The van der Waals surface area contributed by atoms with Gasteiger partial charge < -0.3 is 5.32 Å². The van der Waals surface area contributed by atoms with Crippen LogP contribution in [0.15, 0.2) is 12.1 Å². The second-order valence-corrected chi connectivity index (χ2v) is 6.22. The minimum absolute atomic E-state index is 0.475. The lowest BCUT2D eigenvalue weighted by molar-refractivity contribution is 0.469. The summed E-state index contributed by atoms with van der Waals surface area (Å²) in [5, 5.41) is 4.59. The average molecular weight is 296 g/mol. The highest BCUT2D eigenvalue weighted by Crippen LogP contribution is 2.28. The third-order valence-corrected chi connectivity index (χ3v) is 4.32. The van der Waals surface area contributed by atoms with Gasteiger partial charge >= 0.3 is 0 Å². The van der Waals surface area contributed by atoms with Crippen molar-refractivity contribution < 1.29 is 0 Å². The Hall–Kier alpha value is -0.530. The summed E-state index contributed by atoms with van der Waals surface area (Å²) in [6, 6.07) is 4.85. The smallest absolute Gasteiger partial charge is 0.0438 e. The Labute approximate surface area is 130 Å². The number of aryl methyl sites for hydroxylation is 2. The van der Waals surface area contributed by atoms with E-state index in [2.05, 4.69) is 45.1 Å². The molecular formula is C18H30ClN. The van der Waals surface area contributed by atoms with Crippen molar-refractivity contribution in [2.45, 2.75) is 72.3 Å². The highest BCUT2D eigenvalue weighted by molar-refractivity contribution is 6.31. The highest BCUT2D eigenvalue weighted by Gasteiger charge is 2.14. The first-order valence-electron chi connectivity index (χ1n) is 8.10. The van der Waals surface area contributed by atoms with Gasteiger partial charge in [-0.05, 0) is 56.0 Å². The van der Waals surface area contributed by atoms with Gasteiger partial charge in [-0.15, -0.1) is 0 Å². The number of nitrogens with one attached hydrogen (secondary N) is 1. The predicted octanol–water partition coefficient (Wildman–Crippen LogP) is 5.97. The molecule has 1 rings (SSSR count). The molecule has 1 aromatic rings. The van der Waals surface area contributed by atoms with Crippen molar-refractivity contribution >= 4 is 11.6 Å². The van der Waals surface area contributed by atoms with Gasteiger partial charge in [0, 0.05) is 11.1 Å². The molecule has 114 valence electrons. The molecule has 0 heterocycles. The van der Waals surface area contributed by atoms with Gasteiger partial charge in [-0.1, -0.05) is 57.2 Å². The van der Waals surface area contributed by atoms with Crippen LogP contribution < -0.4 is 5.32 Å². The van der Waals surface area contributed by atoms with Gasteiger partial charge in [-0.3, -0.25) is 0 Å². The topological polar surface area (TPSA) is 12.0 Å². The molecule has 0 amide bonds. The largest absolute Gasteiger partial charge is 0.310 e. The summed E-state index contributed by atoms with van der Waals surface area (Å²) in [7, 11) is 0. The third-order valence-electron chi connectivity index (χ3n) is 3.91. The number of benzene rings is 1. The molecule has 0 fully saturated rings. The van der Waals surface area contributed by atoms with Crippen molar-refractivity contribution in [3.05, 3.63) is 33.8 Å². The van der Waals surface area contributed by atoms with Gasteiger partial charge in [0.25, 0.3) is 0 Å². The molecule has 0 spiro atoms. The van der Waals surface area contributed by atoms with Gasteiger partial charge in [0.2, 0.25) is 0 Å². The quantitative estimate of drug-likeness (QED) is 0.554. The SMILES string of the molecule is CCCCCCC(NCCC)c1cc(C)c(Cl)cc1C. The van der Waals surface area contributed by atoms with E-state index in [1.807, 2.05) is 0 Å². The van der Waals surface area contributed by atoms with E-state index in [0.717, 1.165) is 11.6 Å². The van der Waals surface area contributed by atoms with E-state index in [9.17, 15) is 0 Å². The van der Waals surface area contributed by atoms with Crippen LogP contribution in [0.1, 0.15) is 75.1 Å². The number of halogens is 1. The van der Waals surface area contributed by atoms with Crippen molar-refractivity contribution in [1.82, 2.24) is 5.32 Å². The van der Waals surface area contributed by atoms with Crippen LogP contribution in [-0.4, -0.2) is 6.54 Å². The fourth-order valence-corrected chi connectivity index (χ4v) is 2.86. The number of hydrogen-bond donors (Lipinski definition) is 1. The van der Waals surface area contributed by atoms with Gasteiger partial charge in [-0.25, -0.2) is 0 Å². The Morgan fingerprint density at radius 2 is 1.75 bits per heavy atom. The molecule has 0 saturated heterocycles. The standard InChI is InChI=1S/C18H30ClN/c1-5-7-8-9-10-18(20-11-6-2)16-12-15(4)17(19)13-14(16)3/h12-13,18,20H,5-11H2,1-4H3. The van der Waals surface area contributed by atoms with Crippen molar-refractivity contribution in [3.63, 3.8) is 0 Å². The maximum atomic E-state index is 6.22. The van der Waals surface area contributed by atoms with Gasteiger partial charge in [0.1, 0.15) is 0 Å². The van der Waals surface area contributed by atoms with Crippen LogP contribution in [0.2, 0.25) is 5.02 Å². The summed E-state index contributed by atoms with van der Waals surface area (Å²) < 4.78 is 0. The summed E-state index contributed by atoms with van der Waals surface area (Å²) in [5.74, 6) is 0. The second-order valence-electron chi connectivity index (χ2n) is 5.81. The van der Waals surface area contributed by atoms with E-state index < -0.39 is 0 Å². The monoisotopic (exact) mass is 295 g/mol. The Morgan fingerprint density at radius 3 is 2.40 bits per heavy atom. The fourth-order valence-electron chi connectivity index (χ4n) is 2.64. The molecule has 1 aromatic carbocycles. The Balaban J connectivity index is 2.78. The van der Waals surface area contributed by atoms with E-state index in [1.54, 1.807) is 0 Å². The second kappa shape index (κ2) is 9.41. The lowest BCUT2D eigenvalue weighted by atomic mass is 9.94. The van der Waals surface area contributed by atoms with Crippen molar-refractivity contribution in [2.75, 3.05) is 6.54 Å². The Morgan fingerprint density at radius 1 is 1.00 bits per heavy atom. The minimum atomic E-state index is 0.475. The maximum absolute atomic E-state index is 6.22. The van der Waals surface area contributed by atoms with Crippen LogP contribution in [0.3, 0.4) is 0 Å². The third kappa shape index (κ3) is 5.46. The van der Waals surface area contributed by atoms with Crippen molar-refractivity contribution in [2.24, 2.45) is 0 Å². The molecule has 0 radical (unpaired) electrons. The molecule has 0 aromatic heterocycles. The molecule has 0 aliphatic rings. The molecule has 2 heteroatoms. The molecule has 0 aliphatic heterocycles. The summed E-state index contributed by atoms with van der Waals surface area (Å²) in [4.78, 5) is 0. The van der Waals surface area contributed by atoms with Crippen molar-refractivity contribution in [1.29, 1.82) is 0 Å². The van der Waals surface area contributed by atoms with Gasteiger partial charge in [0.15, 0.2) is 0 Å². The molecule has 0 bridgehead atoms. The number of rotatable bonds is 9. The molecule has 1 nitrogen and oxygen atoms in total. The molecule has 0 saturated carbocycles. The van der Waals surface area contributed by atoms with E-state index in [4.69, 9.17) is 11.6 Å². The summed E-state index contributed by atoms with van der Waals surface area (Å²) in [5.41, 5.74) is 3.92. The van der Waals surface area contributed by atoms with Crippen LogP contribution in [-0.2, 0) is 0 Å². The zero-order chi connectivity index (χ0) is 15.0. The van der Waals surface area contributed by atoms with Crippen LogP contribution >= 0.6 is 11.6 Å². The molecule has 1 N–H and O–H groups in total. The zero-order valence-electron chi connectivity index (χ0n) is 13.6. The van der Waals surface area contributed by atoms with Crippen molar-refractivity contribution in [3.8, 4) is 0 Å². The average Bonchev–Trinajstić information content (AvgIpc) is 2.42. The summed E-state index contributed by atoms with van der Waals surface area (Å²) in [6.07, 6.45) is 7.69. The van der Waals surface area contributed by atoms with Crippen LogP contribution in [0, 0.1) is 13.8 Å². The Bertz CT molecular complexity index is 401. The molecular weight excluding hydrogens is 266 g/mol. The summed E-state index contributed by atoms with van der Waals surface area (Å²) >= 11 is 6.22. The van der Waals surface area contributed by atoms with E-state index in [-0.39, 0.29) is 0 Å². The van der Waals surface area contributed by atoms with Crippen LogP contribution in [0.25, 0.3) is 0 Å². The number of unbranched alkanes of at least 4 members (excludes halogenated alkanes) is 3. The fraction of sp³-hybridized carbons (Fsp3) is 0.667. The van der Waals surface area contributed by atoms with Gasteiger partial charge in [0.05, 0.1) is 0 Å². The van der Waals surface area contributed by atoms with E-state index >= 15 is 0 Å². The summed E-state index contributed by atoms with van der Waals surface area (Å²) in [6.45, 7) is 9.84. The lowest BCUT2D eigenvalue weighted by Gasteiger charge is -2.22. The normalized spacial score (nSPS) is 12.7. The lowest BCUT2D eigenvalue weighted by Crippen LogP contribution is -2.23. The highest BCUT2D eigenvalue weighted by atomic mass is 35.5.